The van der Waals surface area contributed by atoms with E-state index in [-0.39, 0.29) is 24.0 Å². The molecule has 12 heteroatoms. The minimum absolute atomic E-state index is 0.110. The number of aryl methyl sites for hydroxylation is 1. The minimum Gasteiger partial charge on any atom is -0.432 e. The summed E-state index contributed by atoms with van der Waals surface area (Å²) in [5.74, 6) is -1.48. The number of aliphatic hydroxyl groups is 2. The predicted molar refractivity (Wildman–Crippen MR) is 184 cm³/mol. The number of nitrogens with zero attached hydrogens (tertiary/aromatic N) is 4. The van der Waals surface area contributed by atoms with E-state index >= 15 is 0 Å². The lowest BCUT2D eigenvalue weighted by Crippen LogP contribution is -2.46. The number of benzene rings is 3. The zero-order chi connectivity index (χ0) is 34.2. The first kappa shape index (κ1) is 33.7. The summed E-state index contributed by atoms with van der Waals surface area (Å²) < 4.78 is 8.68. The molecule has 1 saturated heterocycles. The Kier molecular flexibility index (Phi) is 9.38. The van der Waals surface area contributed by atoms with Crippen molar-refractivity contribution in [3.63, 3.8) is 0 Å². The molecule has 4 N–H and O–H groups in total. The van der Waals surface area contributed by atoms with Gasteiger partial charge in [0.05, 0.1) is 36.6 Å². The zero-order valence-electron chi connectivity index (χ0n) is 27.7. The highest BCUT2D eigenvalue weighted by Crippen LogP contribution is 2.60. The van der Waals surface area contributed by atoms with Crippen LogP contribution in [-0.4, -0.2) is 68.9 Å². The topological polar surface area (TPSA) is 150 Å². The number of fused-ring (bicyclic) bond motifs is 2. The highest BCUT2D eigenvalue weighted by atomic mass is 28.4. The molecule has 0 saturated carbocycles. The second-order valence-corrected chi connectivity index (χ2v) is 17.4. The van der Waals surface area contributed by atoms with Crippen LogP contribution in [0, 0.1) is 5.92 Å². The summed E-state index contributed by atoms with van der Waals surface area (Å²) in [6.07, 6.45) is 0.600. The van der Waals surface area contributed by atoms with E-state index in [1.807, 2.05) is 92.9 Å². The van der Waals surface area contributed by atoms with E-state index in [0.29, 0.717) is 42.1 Å². The Bertz CT molecular complexity index is 1760. The number of ether oxygens (including phenoxy) is 1. The van der Waals surface area contributed by atoms with E-state index < -0.39 is 38.0 Å². The number of anilines is 2. The third kappa shape index (κ3) is 6.22. The number of hydrogen-bond donors (Lipinski definition) is 4. The summed E-state index contributed by atoms with van der Waals surface area (Å²) in [7, 11) is -2.92. The lowest BCUT2D eigenvalue weighted by molar-refractivity contribution is -0.146. The van der Waals surface area contributed by atoms with Crippen molar-refractivity contribution in [3.8, 4) is 0 Å². The first-order valence-corrected chi connectivity index (χ1v) is 19.4. The average molecular weight is 670 g/mol. The van der Waals surface area contributed by atoms with Gasteiger partial charge in [0.1, 0.15) is 6.10 Å². The van der Waals surface area contributed by atoms with Crippen molar-refractivity contribution in [2.24, 2.45) is 5.92 Å². The molecule has 0 bridgehead atoms. The van der Waals surface area contributed by atoms with Gasteiger partial charge in [-0.15, -0.1) is 5.10 Å². The van der Waals surface area contributed by atoms with Crippen LogP contribution >= 0.6 is 0 Å². The van der Waals surface area contributed by atoms with Crippen molar-refractivity contribution in [2.45, 2.75) is 75.7 Å². The summed E-state index contributed by atoms with van der Waals surface area (Å²) >= 11 is 0. The Labute approximate surface area is 281 Å². The third-order valence-electron chi connectivity index (χ3n) is 9.75. The predicted octanol–water partition coefficient (Wildman–Crippen LogP) is 4.16. The van der Waals surface area contributed by atoms with Gasteiger partial charge in [-0.25, -0.2) is 0 Å². The normalized spacial score (nSPS) is 23.4. The SMILES string of the molecule is C[C@H](O)C(=O)Nc1ccc2c(c1)[C@@]1(O[C@H](CCn3cc(C(CO)c4ccccc4)nn3)[C@@H]([Si](C)(C)O)[C@@H]1C)C(=O)N2Cc1ccccc1. The Hall–Kier alpha value is -4.20. The monoisotopic (exact) mass is 669 g/mol. The van der Waals surface area contributed by atoms with Gasteiger partial charge >= 0.3 is 0 Å². The fourth-order valence-corrected chi connectivity index (χ4v) is 10.1. The number of rotatable bonds is 11. The number of nitrogens with one attached hydrogen (secondary N) is 1. The van der Waals surface area contributed by atoms with E-state index in [9.17, 15) is 24.6 Å². The molecule has 3 heterocycles. The summed E-state index contributed by atoms with van der Waals surface area (Å²) in [5, 5.41) is 31.4. The average Bonchev–Trinajstić information content (AvgIpc) is 3.72. The van der Waals surface area contributed by atoms with Crippen LogP contribution in [0.4, 0.5) is 11.4 Å². The highest BCUT2D eigenvalue weighted by Gasteiger charge is 2.66. The molecular weight excluding hydrogens is 627 g/mol. The molecule has 0 radical (unpaired) electrons. The molecule has 6 rings (SSSR count). The Morgan fingerprint density at radius 3 is 2.42 bits per heavy atom. The maximum Gasteiger partial charge on any atom is 0.264 e. The molecule has 0 aliphatic carbocycles. The molecule has 48 heavy (non-hydrogen) atoms. The van der Waals surface area contributed by atoms with E-state index in [2.05, 4.69) is 15.6 Å². The summed E-state index contributed by atoms with van der Waals surface area (Å²) in [6, 6.07) is 24.7. The largest absolute Gasteiger partial charge is 0.432 e. The fraction of sp³-hybridized carbons (Fsp3) is 0.389. The second-order valence-electron chi connectivity index (χ2n) is 13.5. The molecule has 252 valence electrons. The fourth-order valence-electron chi connectivity index (χ4n) is 7.49. The van der Waals surface area contributed by atoms with Crippen LogP contribution in [0.5, 0.6) is 0 Å². The number of aliphatic hydroxyl groups excluding tert-OH is 2. The summed E-state index contributed by atoms with van der Waals surface area (Å²) in [6.45, 7) is 7.77. The van der Waals surface area contributed by atoms with E-state index in [1.54, 1.807) is 21.7 Å². The quantitative estimate of drug-likeness (QED) is 0.174. The molecular formula is C36H43N5O6Si. The molecule has 1 unspecified atom stereocenters. The molecule has 2 amide bonds. The van der Waals surface area contributed by atoms with Crippen LogP contribution < -0.4 is 10.2 Å². The molecule has 3 aromatic carbocycles. The van der Waals surface area contributed by atoms with Gasteiger partial charge in [-0.1, -0.05) is 72.8 Å². The van der Waals surface area contributed by atoms with Crippen molar-refractivity contribution in [2.75, 3.05) is 16.8 Å². The lowest BCUT2D eigenvalue weighted by atomic mass is 9.82. The molecule has 4 aromatic rings. The smallest absolute Gasteiger partial charge is 0.264 e. The maximum absolute atomic E-state index is 14.7. The van der Waals surface area contributed by atoms with Crippen molar-refractivity contribution in [1.29, 1.82) is 0 Å². The van der Waals surface area contributed by atoms with Gasteiger partial charge in [-0.3, -0.25) is 14.3 Å². The Balaban J connectivity index is 1.33. The number of hydrogen-bond acceptors (Lipinski definition) is 8. The minimum atomic E-state index is -2.92. The van der Waals surface area contributed by atoms with Gasteiger partial charge in [-0.05, 0) is 55.8 Å². The number of aromatic nitrogens is 3. The van der Waals surface area contributed by atoms with E-state index in [4.69, 9.17) is 4.74 Å². The van der Waals surface area contributed by atoms with Crippen LogP contribution in [0.3, 0.4) is 0 Å². The van der Waals surface area contributed by atoms with Gasteiger partial charge < -0.3 is 30.0 Å². The van der Waals surface area contributed by atoms with Crippen molar-refractivity contribution < 1.29 is 29.3 Å². The third-order valence-corrected chi connectivity index (χ3v) is 12.3. The summed E-state index contributed by atoms with van der Waals surface area (Å²) in [5.41, 5.74) is 2.59. The molecule has 11 nitrogen and oxygen atoms in total. The van der Waals surface area contributed by atoms with Gasteiger partial charge in [-0.2, -0.15) is 0 Å². The van der Waals surface area contributed by atoms with Gasteiger partial charge in [0.25, 0.3) is 11.8 Å². The van der Waals surface area contributed by atoms with Crippen LogP contribution in [-0.2, 0) is 33.0 Å². The van der Waals surface area contributed by atoms with Gasteiger partial charge in [0, 0.05) is 35.5 Å². The van der Waals surface area contributed by atoms with Crippen LogP contribution in [0.1, 0.15) is 48.6 Å². The Morgan fingerprint density at radius 2 is 1.77 bits per heavy atom. The molecule has 6 atom stereocenters. The molecule has 2 aliphatic heterocycles. The van der Waals surface area contributed by atoms with Gasteiger partial charge in [0.2, 0.25) is 0 Å². The Morgan fingerprint density at radius 1 is 1.08 bits per heavy atom. The molecule has 1 fully saturated rings. The number of carbonyl (C=O) groups is 2. The highest BCUT2D eigenvalue weighted by molar-refractivity contribution is 6.71. The molecule has 1 spiro atoms. The zero-order valence-corrected chi connectivity index (χ0v) is 28.7. The number of amides is 2. The standard InChI is InChI=1S/C36H43N5O6Si/c1-23-33(48(3,4)46)32(17-18-40-21-30(38-39-40)28(22-42)26-13-9-6-10-14-26)47-36(23)29-19-27(37-34(44)24(2)43)15-16-31(29)41(35(36)45)20-25-11-7-5-8-12-25/h5-16,19,21,23-24,28,32-33,42-43,46H,17-18,20,22H2,1-4H3,(H,37,44)/t23-,24-,28?,32+,33-,36+/m0/s1. The van der Waals surface area contributed by atoms with Crippen molar-refractivity contribution in [3.05, 3.63) is 107 Å². The molecule has 1 aromatic heterocycles. The van der Waals surface area contributed by atoms with Crippen molar-refractivity contribution in [1.82, 2.24) is 15.0 Å². The first-order chi connectivity index (χ1) is 22.9. The second kappa shape index (κ2) is 13.4. The van der Waals surface area contributed by atoms with Crippen LogP contribution in [0.2, 0.25) is 18.6 Å². The van der Waals surface area contributed by atoms with Crippen molar-refractivity contribution >= 4 is 31.5 Å². The van der Waals surface area contributed by atoms with Gasteiger partial charge in [0.15, 0.2) is 13.9 Å². The lowest BCUT2D eigenvalue weighted by Gasteiger charge is -2.32. The summed E-state index contributed by atoms with van der Waals surface area (Å²) in [4.78, 5) is 40.6. The van der Waals surface area contributed by atoms with Crippen LogP contribution in [0.25, 0.3) is 0 Å². The van der Waals surface area contributed by atoms with E-state index in [0.717, 1.165) is 11.1 Å². The first-order valence-electron chi connectivity index (χ1n) is 16.4. The number of carbonyl (C=O) groups excluding carboxylic acids is 2. The maximum atomic E-state index is 14.7. The van der Waals surface area contributed by atoms with Crippen LogP contribution in [0.15, 0.2) is 85.1 Å². The molecule has 2 aliphatic rings. The van der Waals surface area contributed by atoms with E-state index in [1.165, 1.54) is 6.92 Å².